The molecule has 0 saturated carbocycles. The first kappa shape index (κ1) is 15.2. The van der Waals surface area contributed by atoms with Gasteiger partial charge in [-0.1, -0.05) is 11.6 Å². The summed E-state index contributed by atoms with van der Waals surface area (Å²) in [7, 11) is 0. The Bertz CT molecular complexity index is 631. The molecule has 0 aliphatic heterocycles. The Hall–Kier alpha value is -1.22. The molecule has 1 unspecified atom stereocenters. The van der Waals surface area contributed by atoms with Crippen molar-refractivity contribution in [2.24, 2.45) is 5.84 Å². The summed E-state index contributed by atoms with van der Waals surface area (Å²) in [5.74, 6) is -5.03. The van der Waals surface area contributed by atoms with Crippen LogP contribution in [0.15, 0.2) is 11.4 Å². The lowest BCUT2D eigenvalue weighted by Crippen LogP contribution is -2.31. The lowest BCUT2D eigenvalue weighted by atomic mass is 10.0. The molecule has 0 bridgehead atoms. The third-order valence-electron chi connectivity index (χ3n) is 2.61. The van der Waals surface area contributed by atoms with Crippen molar-refractivity contribution in [1.82, 2.24) is 5.43 Å². The van der Waals surface area contributed by atoms with Gasteiger partial charge in [0.25, 0.3) is 0 Å². The van der Waals surface area contributed by atoms with E-state index in [-0.39, 0.29) is 9.90 Å². The molecule has 2 nitrogen and oxygen atoms in total. The summed E-state index contributed by atoms with van der Waals surface area (Å²) in [5.41, 5.74) is 0.932. The van der Waals surface area contributed by atoms with E-state index >= 15 is 0 Å². The first-order valence-corrected chi connectivity index (χ1v) is 6.36. The Morgan fingerprint density at radius 2 is 1.50 bits per heavy atom. The minimum atomic E-state index is -2.23. The second-order valence-corrected chi connectivity index (χ2v) is 5.07. The van der Waals surface area contributed by atoms with Gasteiger partial charge in [0.05, 0.1) is 16.6 Å². The molecule has 1 atom stereocenters. The van der Waals surface area contributed by atoms with E-state index in [1.165, 1.54) is 11.4 Å². The monoisotopic (exact) mass is 328 g/mol. The van der Waals surface area contributed by atoms with Crippen molar-refractivity contribution in [3.63, 3.8) is 0 Å². The maximum Gasteiger partial charge on any atom is 0.200 e. The Morgan fingerprint density at radius 3 is 1.90 bits per heavy atom. The highest BCUT2D eigenvalue weighted by atomic mass is 35.5. The molecule has 0 radical (unpaired) electrons. The Labute approximate surface area is 118 Å². The van der Waals surface area contributed by atoms with E-state index in [4.69, 9.17) is 17.4 Å². The zero-order valence-corrected chi connectivity index (χ0v) is 11.1. The van der Waals surface area contributed by atoms with Gasteiger partial charge in [-0.05, 0) is 11.4 Å². The largest absolute Gasteiger partial charge is 0.271 e. The van der Waals surface area contributed by atoms with Crippen molar-refractivity contribution >= 4 is 22.9 Å². The predicted octanol–water partition coefficient (Wildman–Crippen LogP) is 3.65. The molecule has 0 spiro atoms. The topological polar surface area (TPSA) is 38.0 Å². The van der Waals surface area contributed by atoms with Crippen molar-refractivity contribution in [1.29, 1.82) is 0 Å². The molecule has 0 aliphatic rings. The van der Waals surface area contributed by atoms with Crippen molar-refractivity contribution < 1.29 is 22.0 Å². The van der Waals surface area contributed by atoms with Crippen molar-refractivity contribution in [2.45, 2.75) is 6.04 Å². The summed E-state index contributed by atoms with van der Waals surface area (Å²) in [6, 6.07) is -0.0371. The smallest absolute Gasteiger partial charge is 0.200 e. The lowest BCUT2D eigenvalue weighted by Gasteiger charge is -2.18. The minimum Gasteiger partial charge on any atom is -0.271 e. The maximum atomic E-state index is 13.7. The van der Waals surface area contributed by atoms with Crippen LogP contribution >= 0.6 is 22.9 Å². The van der Waals surface area contributed by atoms with Crippen LogP contribution in [-0.2, 0) is 0 Å². The lowest BCUT2D eigenvalue weighted by molar-refractivity contribution is 0.363. The molecule has 108 valence electrons. The van der Waals surface area contributed by atoms with Gasteiger partial charge in [0.1, 0.15) is 0 Å². The second kappa shape index (κ2) is 5.65. The van der Waals surface area contributed by atoms with Crippen LogP contribution in [0.25, 0.3) is 0 Å². The van der Waals surface area contributed by atoms with Crippen LogP contribution in [0.3, 0.4) is 0 Å². The second-order valence-electron chi connectivity index (χ2n) is 3.72. The zero-order valence-electron chi connectivity index (χ0n) is 9.49. The number of halogens is 6. The van der Waals surface area contributed by atoms with Gasteiger partial charge in [0.15, 0.2) is 23.3 Å². The standard InChI is InChI=1S/C11H6ClF5N2S/c12-3-1-2-20-11(3)10(19-18)4-5(13)7(15)9(17)8(16)6(4)14/h1-2,10,19H,18H2. The quantitative estimate of drug-likeness (QED) is 0.297. The molecule has 2 rings (SSSR count). The van der Waals surface area contributed by atoms with Gasteiger partial charge in [-0.25, -0.2) is 27.4 Å². The number of benzene rings is 1. The number of hydrogen-bond donors (Lipinski definition) is 2. The fourth-order valence-electron chi connectivity index (χ4n) is 1.68. The summed E-state index contributed by atoms with van der Waals surface area (Å²) in [4.78, 5) is 0.136. The fourth-order valence-corrected chi connectivity index (χ4v) is 2.91. The summed E-state index contributed by atoms with van der Waals surface area (Å²) >= 11 is 6.75. The number of thiophene rings is 1. The SMILES string of the molecule is NNC(c1sccc1Cl)c1c(F)c(F)c(F)c(F)c1F. The first-order valence-electron chi connectivity index (χ1n) is 5.10. The number of nitrogens with one attached hydrogen (secondary N) is 1. The molecule has 1 aromatic heterocycles. The summed E-state index contributed by atoms with van der Waals surface area (Å²) < 4.78 is 66.8. The van der Waals surface area contributed by atoms with E-state index in [9.17, 15) is 22.0 Å². The molecule has 1 heterocycles. The summed E-state index contributed by atoms with van der Waals surface area (Å²) in [6.45, 7) is 0. The highest BCUT2D eigenvalue weighted by molar-refractivity contribution is 7.10. The van der Waals surface area contributed by atoms with Crippen LogP contribution in [-0.4, -0.2) is 0 Å². The van der Waals surface area contributed by atoms with E-state index in [2.05, 4.69) is 0 Å². The average molecular weight is 329 g/mol. The number of rotatable bonds is 3. The number of hydrazine groups is 1. The van der Waals surface area contributed by atoms with E-state index in [0.717, 1.165) is 11.3 Å². The number of hydrogen-bond acceptors (Lipinski definition) is 3. The predicted molar refractivity (Wildman–Crippen MR) is 64.7 cm³/mol. The Balaban J connectivity index is 2.71. The highest BCUT2D eigenvalue weighted by Crippen LogP contribution is 2.36. The molecular formula is C11H6ClF5N2S. The molecule has 0 saturated heterocycles. The molecule has 3 N–H and O–H groups in total. The van der Waals surface area contributed by atoms with E-state index in [1.807, 2.05) is 5.43 Å². The van der Waals surface area contributed by atoms with Gasteiger partial charge in [0.2, 0.25) is 5.82 Å². The van der Waals surface area contributed by atoms with E-state index in [1.54, 1.807) is 0 Å². The van der Waals surface area contributed by atoms with Crippen LogP contribution < -0.4 is 11.3 Å². The van der Waals surface area contributed by atoms with Crippen LogP contribution in [0.1, 0.15) is 16.5 Å². The molecule has 0 amide bonds. The zero-order chi connectivity index (χ0) is 15.0. The summed E-state index contributed by atoms with van der Waals surface area (Å²) in [5, 5.41) is 1.59. The van der Waals surface area contributed by atoms with Gasteiger partial charge in [-0.2, -0.15) is 0 Å². The Kier molecular flexibility index (Phi) is 4.28. The summed E-state index contributed by atoms with van der Waals surface area (Å²) in [6.07, 6.45) is 0. The van der Waals surface area contributed by atoms with Crippen LogP contribution in [0.2, 0.25) is 5.02 Å². The van der Waals surface area contributed by atoms with Gasteiger partial charge in [0, 0.05) is 4.88 Å². The molecular weight excluding hydrogens is 323 g/mol. The first-order chi connectivity index (χ1) is 9.40. The molecule has 0 aliphatic carbocycles. The maximum absolute atomic E-state index is 13.7. The van der Waals surface area contributed by atoms with Gasteiger partial charge in [-0.3, -0.25) is 5.84 Å². The number of nitrogens with two attached hydrogens (primary N) is 1. The van der Waals surface area contributed by atoms with Crippen LogP contribution in [0, 0.1) is 29.1 Å². The Morgan fingerprint density at radius 1 is 1.00 bits per heavy atom. The molecule has 2 aromatic rings. The fraction of sp³-hybridized carbons (Fsp3) is 0.0909. The van der Waals surface area contributed by atoms with E-state index < -0.39 is 40.7 Å². The van der Waals surface area contributed by atoms with E-state index in [0.29, 0.717) is 0 Å². The van der Waals surface area contributed by atoms with Gasteiger partial charge >= 0.3 is 0 Å². The van der Waals surface area contributed by atoms with Crippen LogP contribution in [0.4, 0.5) is 22.0 Å². The van der Waals surface area contributed by atoms with Crippen molar-refractivity contribution in [3.8, 4) is 0 Å². The average Bonchev–Trinajstić information content (AvgIpc) is 2.85. The third kappa shape index (κ3) is 2.28. The molecule has 1 aromatic carbocycles. The molecule has 20 heavy (non-hydrogen) atoms. The normalized spacial score (nSPS) is 12.8. The third-order valence-corrected chi connectivity index (χ3v) is 4.03. The molecule has 0 fully saturated rings. The molecule has 9 heteroatoms. The minimum absolute atomic E-state index is 0.0990. The van der Waals surface area contributed by atoms with Gasteiger partial charge < -0.3 is 0 Å². The van der Waals surface area contributed by atoms with Crippen LogP contribution in [0.5, 0.6) is 0 Å². The highest BCUT2D eigenvalue weighted by Gasteiger charge is 2.32. The van der Waals surface area contributed by atoms with Crippen molar-refractivity contribution in [3.05, 3.63) is 56.0 Å². The van der Waals surface area contributed by atoms with Gasteiger partial charge in [-0.15, -0.1) is 11.3 Å². The van der Waals surface area contributed by atoms with Crippen molar-refractivity contribution in [2.75, 3.05) is 0 Å².